The van der Waals surface area contributed by atoms with E-state index >= 15 is 0 Å². The third-order valence-corrected chi connectivity index (χ3v) is 3.76. The van der Waals surface area contributed by atoms with Gasteiger partial charge in [0.15, 0.2) is 0 Å². The van der Waals surface area contributed by atoms with E-state index in [1.54, 1.807) is 0 Å². The molecule has 1 saturated heterocycles. The van der Waals surface area contributed by atoms with Gasteiger partial charge in [0.25, 0.3) is 0 Å². The Labute approximate surface area is 139 Å². The highest BCUT2D eigenvalue weighted by atomic mass is 19.4. The molecule has 136 valence electrons. The summed E-state index contributed by atoms with van der Waals surface area (Å²) in [5.74, 6) is 0.350. The quantitative estimate of drug-likeness (QED) is 0.752. The molecule has 0 saturated carbocycles. The first kappa shape index (κ1) is 18.9. The number of anilines is 1. The molecule has 1 atom stereocenters. The Balaban J connectivity index is 1.71. The highest BCUT2D eigenvalue weighted by Gasteiger charge is 2.31. The second kappa shape index (κ2) is 8.59. The second-order valence-electron chi connectivity index (χ2n) is 6.00. The number of nitrogens with zero attached hydrogens (tertiary/aromatic N) is 4. The lowest BCUT2D eigenvalue weighted by molar-refractivity contribution is -0.138. The van der Waals surface area contributed by atoms with Crippen LogP contribution in [0.25, 0.3) is 0 Å². The van der Waals surface area contributed by atoms with Crippen LogP contribution in [0, 0.1) is 0 Å². The molecular weight excluding hydrogens is 323 g/mol. The molecule has 1 aromatic heterocycles. The Bertz CT molecular complexity index is 487. The van der Waals surface area contributed by atoms with Gasteiger partial charge in [-0.3, -0.25) is 4.90 Å². The highest BCUT2D eigenvalue weighted by molar-refractivity contribution is 5.31. The number of aromatic nitrogens is 2. The maximum Gasteiger partial charge on any atom is 0.419 e. The Hall–Kier alpha value is -1.45. The van der Waals surface area contributed by atoms with Crippen molar-refractivity contribution >= 4 is 5.95 Å². The van der Waals surface area contributed by atoms with Crippen molar-refractivity contribution in [3.05, 3.63) is 18.0 Å². The normalized spacial score (nSPS) is 18.0. The summed E-state index contributed by atoms with van der Waals surface area (Å²) in [6.07, 6.45) is -1.79. The van der Waals surface area contributed by atoms with Crippen LogP contribution in [0.5, 0.6) is 0 Å². The molecule has 2 heterocycles. The maximum atomic E-state index is 12.5. The van der Waals surface area contributed by atoms with Crippen molar-refractivity contribution in [3.63, 3.8) is 0 Å². The molecule has 1 aliphatic rings. The standard InChI is InChI=1S/C15H24F3N5O/c1-12(19)11-24-8-2-3-22-4-6-23(7-5-22)14-20-9-13(10-21-14)15(16,17)18/h9-10,12H,2-8,11,19H2,1H3/t12-/m0/s1. The number of piperazine rings is 1. The van der Waals surface area contributed by atoms with E-state index in [1.807, 2.05) is 11.8 Å². The van der Waals surface area contributed by atoms with Crippen molar-refractivity contribution in [1.29, 1.82) is 0 Å². The number of halogens is 3. The molecule has 1 aliphatic heterocycles. The first-order chi connectivity index (χ1) is 11.4. The van der Waals surface area contributed by atoms with E-state index in [1.165, 1.54) is 0 Å². The first-order valence-electron chi connectivity index (χ1n) is 8.06. The van der Waals surface area contributed by atoms with Crippen LogP contribution >= 0.6 is 0 Å². The number of nitrogens with two attached hydrogens (primary N) is 1. The van der Waals surface area contributed by atoms with Gasteiger partial charge in [0.1, 0.15) is 0 Å². The lowest BCUT2D eigenvalue weighted by Gasteiger charge is -2.34. The molecule has 0 aromatic carbocycles. The Morgan fingerprint density at radius 2 is 1.83 bits per heavy atom. The van der Waals surface area contributed by atoms with Crippen LogP contribution in [-0.2, 0) is 10.9 Å². The van der Waals surface area contributed by atoms with Crippen molar-refractivity contribution in [2.75, 3.05) is 50.8 Å². The number of ether oxygens (including phenoxy) is 1. The molecule has 0 unspecified atom stereocenters. The minimum atomic E-state index is -4.40. The minimum absolute atomic E-state index is 0.0530. The van der Waals surface area contributed by atoms with Crippen molar-refractivity contribution in [1.82, 2.24) is 14.9 Å². The SMILES string of the molecule is C[C@H](N)COCCCN1CCN(c2ncc(C(F)(F)F)cn2)CC1. The number of alkyl halides is 3. The van der Waals surface area contributed by atoms with Crippen molar-refractivity contribution in [2.24, 2.45) is 5.73 Å². The van der Waals surface area contributed by atoms with Gasteiger partial charge in [0, 0.05) is 57.8 Å². The molecule has 1 fully saturated rings. The third kappa shape index (κ3) is 5.88. The average molecular weight is 347 g/mol. The van der Waals surface area contributed by atoms with Crippen molar-refractivity contribution < 1.29 is 17.9 Å². The summed E-state index contributed by atoms with van der Waals surface area (Å²) in [6, 6.07) is 0.0530. The second-order valence-corrected chi connectivity index (χ2v) is 6.00. The average Bonchev–Trinajstić information content (AvgIpc) is 2.54. The van der Waals surface area contributed by atoms with Gasteiger partial charge < -0.3 is 15.4 Å². The van der Waals surface area contributed by atoms with Crippen LogP contribution in [0.2, 0.25) is 0 Å². The molecule has 24 heavy (non-hydrogen) atoms. The van der Waals surface area contributed by atoms with Crippen LogP contribution in [-0.4, -0.2) is 66.8 Å². The molecule has 2 rings (SSSR count). The fourth-order valence-electron chi connectivity index (χ4n) is 2.46. The number of hydrogen-bond acceptors (Lipinski definition) is 6. The summed E-state index contributed by atoms with van der Waals surface area (Å²) in [4.78, 5) is 11.9. The lowest BCUT2D eigenvalue weighted by atomic mass is 10.3. The van der Waals surface area contributed by atoms with Crippen LogP contribution in [0.3, 0.4) is 0 Å². The molecule has 0 amide bonds. The predicted octanol–water partition coefficient (Wildman–Crippen LogP) is 1.37. The fraction of sp³-hybridized carbons (Fsp3) is 0.733. The zero-order valence-electron chi connectivity index (χ0n) is 13.8. The van der Waals surface area contributed by atoms with E-state index in [9.17, 15) is 13.2 Å². The van der Waals surface area contributed by atoms with Crippen LogP contribution in [0.1, 0.15) is 18.9 Å². The number of hydrogen-bond donors (Lipinski definition) is 1. The Morgan fingerprint density at radius 1 is 1.21 bits per heavy atom. The van der Waals surface area contributed by atoms with E-state index in [0.29, 0.717) is 32.3 Å². The van der Waals surface area contributed by atoms with E-state index in [2.05, 4.69) is 14.9 Å². The zero-order chi connectivity index (χ0) is 17.6. The summed E-state index contributed by atoms with van der Waals surface area (Å²) in [5, 5.41) is 0. The summed E-state index contributed by atoms with van der Waals surface area (Å²) >= 11 is 0. The van der Waals surface area contributed by atoms with E-state index < -0.39 is 11.7 Å². The van der Waals surface area contributed by atoms with Gasteiger partial charge >= 0.3 is 6.18 Å². The van der Waals surface area contributed by atoms with Crippen molar-refractivity contribution in [2.45, 2.75) is 25.6 Å². The number of rotatable bonds is 7. The molecule has 2 N–H and O–H groups in total. The van der Waals surface area contributed by atoms with Crippen LogP contribution in [0.15, 0.2) is 12.4 Å². The first-order valence-corrected chi connectivity index (χ1v) is 8.06. The topological polar surface area (TPSA) is 67.5 Å². The summed E-state index contributed by atoms with van der Waals surface area (Å²) in [5.41, 5.74) is 4.78. The zero-order valence-corrected chi connectivity index (χ0v) is 13.8. The maximum absolute atomic E-state index is 12.5. The summed E-state index contributed by atoms with van der Waals surface area (Å²) < 4.78 is 43.0. The Kier molecular flexibility index (Phi) is 6.76. The van der Waals surface area contributed by atoms with E-state index in [0.717, 1.165) is 38.4 Å². The van der Waals surface area contributed by atoms with Crippen LogP contribution in [0.4, 0.5) is 19.1 Å². The molecule has 1 aromatic rings. The summed E-state index contributed by atoms with van der Waals surface area (Å²) in [7, 11) is 0. The van der Waals surface area contributed by atoms with E-state index in [4.69, 9.17) is 10.5 Å². The predicted molar refractivity (Wildman–Crippen MR) is 84.8 cm³/mol. The molecule has 0 radical (unpaired) electrons. The van der Waals surface area contributed by atoms with Crippen LogP contribution < -0.4 is 10.6 Å². The van der Waals surface area contributed by atoms with Gasteiger partial charge in [-0.05, 0) is 13.3 Å². The Morgan fingerprint density at radius 3 is 2.38 bits per heavy atom. The largest absolute Gasteiger partial charge is 0.419 e. The van der Waals surface area contributed by atoms with Crippen molar-refractivity contribution in [3.8, 4) is 0 Å². The monoisotopic (exact) mass is 347 g/mol. The molecule has 9 heteroatoms. The minimum Gasteiger partial charge on any atom is -0.380 e. The van der Waals surface area contributed by atoms with Gasteiger partial charge in [-0.2, -0.15) is 13.2 Å². The lowest BCUT2D eigenvalue weighted by Crippen LogP contribution is -2.47. The molecular formula is C15H24F3N5O. The highest BCUT2D eigenvalue weighted by Crippen LogP contribution is 2.28. The van der Waals surface area contributed by atoms with Gasteiger partial charge in [-0.1, -0.05) is 0 Å². The molecule has 0 bridgehead atoms. The molecule has 0 spiro atoms. The molecule has 6 nitrogen and oxygen atoms in total. The van der Waals surface area contributed by atoms with Gasteiger partial charge in [-0.15, -0.1) is 0 Å². The smallest absolute Gasteiger partial charge is 0.380 e. The molecule has 0 aliphatic carbocycles. The van der Waals surface area contributed by atoms with E-state index in [-0.39, 0.29) is 6.04 Å². The summed E-state index contributed by atoms with van der Waals surface area (Å²) in [6.45, 7) is 7.15. The fourth-order valence-corrected chi connectivity index (χ4v) is 2.46. The van der Waals surface area contributed by atoms with Gasteiger partial charge in [0.2, 0.25) is 5.95 Å². The van der Waals surface area contributed by atoms with Gasteiger partial charge in [0.05, 0.1) is 12.2 Å². The third-order valence-electron chi connectivity index (χ3n) is 3.76. The van der Waals surface area contributed by atoms with Gasteiger partial charge in [-0.25, -0.2) is 9.97 Å².